The van der Waals surface area contributed by atoms with Gasteiger partial charge in [-0.05, 0) is 38.1 Å². The van der Waals surface area contributed by atoms with Crippen LogP contribution >= 0.6 is 0 Å². The molecule has 0 aliphatic carbocycles. The van der Waals surface area contributed by atoms with E-state index in [-0.39, 0.29) is 0 Å². The monoisotopic (exact) mass is 260 g/mol. The highest BCUT2D eigenvalue weighted by Crippen LogP contribution is 2.33. The van der Waals surface area contributed by atoms with E-state index >= 15 is 0 Å². The minimum Gasteiger partial charge on any atom is -0.368 e. The molecule has 19 heavy (non-hydrogen) atoms. The zero-order valence-electron chi connectivity index (χ0n) is 10.8. The largest absolute Gasteiger partial charge is 0.368 e. The van der Waals surface area contributed by atoms with Crippen LogP contribution in [0, 0.1) is 0 Å². The van der Waals surface area contributed by atoms with Crippen LogP contribution in [-0.2, 0) is 10.3 Å². The van der Waals surface area contributed by atoms with Crippen molar-refractivity contribution in [2.24, 2.45) is 0 Å². The highest BCUT2D eigenvalue weighted by molar-refractivity contribution is 5.52. The fourth-order valence-corrected chi connectivity index (χ4v) is 2.36. The van der Waals surface area contributed by atoms with Crippen molar-refractivity contribution in [3.63, 3.8) is 0 Å². The summed E-state index contributed by atoms with van der Waals surface area (Å²) in [5.41, 5.74) is 0.439. The van der Waals surface area contributed by atoms with Gasteiger partial charge in [0, 0.05) is 25.1 Å². The first-order valence-corrected chi connectivity index (χ1v) is 6.34. The van der Waals surface area contributed by atoms with Gasteiger partial charge in [-0.1, -0.05) is 5.16 Å². The molecule has 0 saturated carbocycles. The molecule has 2 aromatic heterocycles. The minimum atomic E-state index is -0.455. The number of piperidine rings is 1. The van der Waals surface area contributed by atoms with E-state index in [9.17, 15) is 0 Å². The van der Waals surface area contributed by atoms with E-state index < -0.39 is 5.60 Å². The van der Waals surface area contributed by atoms with Crippen LogP contribution in [0.5, 0.6) is 0 Å². The van der Waals surface area contributed by atoms with Crippen molar-refractivity contribution in [3.05, 3.63) is 30.4 Å². The van der Waals surface area contributed by atoms with Crippen LogP contribution in [0.15, 0.2) is 29.0 Å². The molecule has 0 amide bonds. The van der Waals surface area contributed by atoms with E-state index in [4.69, 9.17) is 9.26 Å². The first-order chi connectivity index (χ1) is 9.34. The predicted molar refractivity (Wildman–Crippen MR) is 68.3 cm³/mol. The van der Waals surface area contributed by atoms with E-state index in [1.54, 1.807) is 19.5 Å². The summed E-state index contributed by atoms with van der Waals surface area (Å²) in [5.74, 6) is 1.13. The Morgan fingerprint density at radius 2 is 2.00 bits per heavy atom. The number of rotatable bonds is 3. The van der Waals surface area contributed by atoms with E-state index in [2.05, 4.69) is 20.4 Å². The molecule has 100 valence electrons. The van der Waals surface area contributed by atoms with Gasteiger partial charge in [0.1, 0.15) is 5.60 Å². The van der Waals surface area contributed by atoms with Gasteiger partial charge in [0.2, 0.25) is 5.82 Å². The third kappa shape index (κ3) is 2.24. The molecule has 0 unspecified atom stereocenters. The lowest BCUT2D eigenvalue weighted by molar-refractivity contribution is -0.0622. The highest BCUT2D eigenvalue weighted by Gasteiger charge is 2.39. The molecule has 6 nitrogen and oxygen atoms in total. The fraction of sp³-hybridized carbons (Fsp3) is 0.462. The molecule has 0 spiro atoms. The quantitative estimate of drug-likeness (QED) is 0.898. The second-order valence-electron chi connectivity index (χ2n) is 4.61. The molecule has 1 aliphatic heterocycles. The minimum absolute atomic E-state index is 0.455. The number of aromatic nitrogens is 3. The summed E-state index contributed by atoms with van der Waals surface area (Å²) in [6.07, 6.45) is 5.09. The van der Waals surface area contributed by atoms with Gasteiger partial charge in [0.15, 0.2) is 0 Å². The van der Waals surface area contributed by atoms with Crippen LogP contribution in [0.1, 0.15) is 18.7 Å². The van der Waals surface area contributed by atoms with Gasteiger partial charge in [-0.15, -0.1) is 0 Å². The summed E-state index contributed by atoms with van der Waals surface area (Å²) in [7, 11) is 1.70. The lowest BCUT2D eigenvalue weighted by Crippen LogP contribution is -2.41. The topological polar surface area (TPSA) is 73.1 Å². The third-order valence-electron chi connectivity index (χ3n) is 3.56. The number of nitrogens with one attached hydrogen (secondary N) is 1. The molecule has 2 aromatic rings. The molecule has 1 saturated heterocycles. The summed E-state index contributed by atoms with van der Waals surface area (Å²) in [4.78, 5) is 8.47. The smallest absolute Gasteiger partial charge is 0.259 e. The van der Waals surface area contributed by atoms with Crippen molar-refractivity contribution in [1.29, 1.82) is 0 Å². The van der Waals surface area contributed by atoms with Gasteiger partial charge in [-0.2, -0.15) is 4.98 Å². The Morgan fingerprint density at radius 3 is 2.68 bits per heavy atom. The summed E-state index contributed by atoms with van der Waals surface area (Å²) in [6.45, 7) is 1.78. The van der Waals surface area contributed by atoms with Crippen LogP contribution in [-0.4, -0.2) is 35.3 Å². The lowest BCUT2D eigenvalue weighted by atomic mass is 9.92. The number of hydrogen-bond donors (Lipinski definition) is 1. The van der Waals surface area contributed by atoms with Crippen LogP contribution in [0.25, 0.3) is 11.4 Å². The van der Waals surface area contributed by atoms with Gasteiger partial charge in [-0.25, -0.2) is 0 Å². The standard InChI is InChI=1S/C13H16N4O2/c1-18-13(4-8-15-9-5-13)12-16-11(17-19-12)10-2-6-14-7-3-10/h2-3,6-7,15H,4-5,8-9H2,1H3. The summed E-state index contributed by atoms with van der Waals surface area (Å²) >= 11 is 0. The Labute approximate surface area is 111 Å². The Morgan fingerprint density at radius 1 is 1.26 bits per heavy atom. The zero-order valence-corrected chi connectivity index (χ0v) is 10.8. The molecule has 1 aliphatic rings. The van der Waals surface area contributed by atoms with Gasteiger partial charge in [0.25, 0.3) is 5.89 Å². The number of methoxy groups -OCH3 is 1. The molecule has 3 rings (SSSR count). The van der Waals surface area contributed by atoms with E-state index in [0.29, 0.717) is 11.7 Å². The number of nitrogens with zero attached hydrogens (tertiary/aromatic N) is 3. The maximum absolute atomic E-state index is 5.67. The molecule has 3 heterocycles. The molecule has 0 radical (unpaired) electrons. The average Bonchev–Trinajstić information content (AvgIpc) is 2.99. The molecule has 0 atom stereocenters. The first-order valence-electron chi connectivity index (χ1n) is 6.34. The van der Waals surface area contributed by atoms with Crippen LogP contribution in [0.3, 0.4) is 0 Å². The molecular formula is C13H16N4O2. The van der Waals surface area contributed by atoms with E-state index in [0.717, 1.165) is 31.5 Å². The fourth-order valence-electron chi connectivity index (χ4n) is 2.36. The molecule has 0 aromatic carbocycles. The van der Waals surface area contributed by atoms with Gasteiger partial charge in [0.05, 0.1) is 0 Å². The molecule has 1 fully saturated rings. The van der Waals surface area contributed by atoms with Gasteiger partial charge < -0.3 is 14.6 Å². The van der Waals surface area contributed by atoms with Crippen molar-refractivity contribution in [3.8, 4) is 11.4 Å². The normalized spacial score (nSPS) is 18.4. The van der Waals surface area contributed by atoms with Gasteiger partial charge in [-0.3, -0.25) is 4.98 Å². The second kappa shape index (κ2) is 5.07. The second-order valence-corrected chi connectivity index (χ2v) is 4.61. The molecular weight excluding hydrogens is 244 g/mol. The number of ether oxygens (including phenoxy) is 1. The summed E-state index contributed by atoms with van der Waals surface area (Å²) < 4.78 is 11.1. The number of pyridine rings is 1. The Hall–Kier alpha value is -1.79. The zero-order chi connectivity index (χ0) is 13.1. The van der Waals surface area contributed by atoms with Crippen LogP contribution in [0.2, 0.25) is 0 Å². The Kier molecular flexibility index (Phi) is 3.27. The lowest BCUT2D eigenvalue weighted by Gasteiger charge is -2.32. The maximum atomic E-state index is 5.67. The van der Waals surface area contributed by atoms with Crippen molar-refractivity contribution >= 4 is 0 Å². The van der Waals surface area contributed by atoms with Crippen molar-refractivity contribution < 1.29 is 9.26 Å². The third-order valence-corrected chi connectivity index (χ3v) is 3.56. The highest BCUT2D eigenvalue weighted by atomic mass is 16.5. The SMILES string of the molecule is COC1(c2nc(-c3ccncc3)no2)CCNCC1. The summed E-state index contributed by atoms with van der Waals surface area (Å²) in [5, 5.41) is 7.34. The first kappa shape index (κ1) is 12.3. The van der Waals surface area contributed by atoms with Crippen molar-refractivity contribution in [2.75, 3.05) is 20.2 Å². The molecule has 1 N–H and O–H groups in total. The summed E-state index contributed by atoms with van der Waals surface area (Å²) in [6, 6.07) is 3.72. The van der Waals surface area contributed by atoms with Crippen LogP contribution < -0.4 is 5.32 Å². The van der Waals surface area contributed by atoms with Crippen LogP contribution in [0.4, 0.5) is 0 Å². The van der Waals surface area contributed by atoms with E-state index in [1.165, 1.54) is 0 Å². The van der Waals surface area contributed by atoms with Gasteiger partial charge >= 0.3 is 0 Å². The van der Waals surface area contributed by atoms with E-state index in [1.807, 2.05) is 12.1 Å². The maximum Gasteiger partial charge on any atom is 0.259 e. The van der Waals surface area contributed by atoms with Crippen molar-refractivity contribution in [2.45, 2.75) is 18.4 Å². The average molecular weight is 260 g/mol. The molecule has 0 bridgehead atoms. The number of hydrogen-bond acceptors (Lipinski definition) is 6. The molecule has 6 heteroatoms. The Balaban J connectivity index is 1.92. The Bertz CT molecular complexity index is 535. The van der Waals surface area contributed by atoms with Crippen molar-refractivity contribution in [1.82, 2.24) is 20.4 Å². The predicted octanol–water partition coefficient (Wildman–Crippen LogP) is 1.36.